The lowest BCUT2D eigenvalue weighted by atomic mass is 9.74. The SMILES string of the molecule is CC(C)[C@H]1CC[C@@H](C)C[C@H]1NC[C@@H](C)O. The van der Waals surface area contributed by atoms with Gasteiger partial charge in [0, 0.05) is 12.6 Å². The van der Waals surface area contributed by atoms with E-state index in [2.05, 4.69) is 26.1 Å². The Bertz CT molecular complexity index is 179. The lowest BCUT2D eigenvalue weighted by Gasteiger charge is -2.38. The Kier molecular flexibility index (Phi) is 5.07. The molecule has 0 heterocycles. The first-order valence-corrected chi connectivity index (χ1v) is 6.42. The molecule has 2 N–H and O–H groups in total. The van der Waals surface area contributed by atoms with E-state index in [4.69, 9.17) is 0 Å². The van der Waals surface area contributed by atoms with Crippen molar-refractivity contribution in [3.8, 4) is 0 Å². The third kappa shape index (κ3) is 4.12. The molecule has 0 aromatic carbocycles. The van der Waals surface area contributed by atoms with E-state index in [0.29, 0.717) is 6.04 Å². The topological polar surface area (TPSA) is 32.3 Å². The van der Waals surface area contributed by atoms with E-state index in [0.717, 1.165) is 24.3 Å². The normalized spacial score (nSPS) is 34.4. The predicted molar refractivity (Wildman–Crippen MR) is 64.8 cm³/mol. The van der Waals surface area contributed by atoms with Crippen LogP contribution in [0.2, 0.25) is 0 Å². The average molecular weight is 213 g/mol. The van der Waals surface area contributed by atoms with Crippen molar-refractivity contribution >= 4 is 0 Å². The molecule has 0 bridgehead atoms. The van der Waals surface area contributed by atoms with Crippen molar-refractivity contribution in [2.24, 2.45) is 17.8 Å². The minimum absolute atomic E-state index is 0.227. The molecule has 0 aliphatic heterocycles. The van der Waals surface area contributed by atoms with Crippen molar-refractivity contribution in [2.75, 3.05) is 6.54 Å². The van der Waals surface area contributed by atoms with Crippen molar-refractivity contribution in [3.63, 3.8) is 0 Å². The summed E-state index contributed by atoms with van der Waals surface area (Å²) < 4.78 is 0. The van der Waals surface area contributed by atoms with Gasteiger partial charge in [0.05, 0.1) is 6.10 Å². The summed E-state index contributed by atoms with van der Waals surface area (Å²) in [5.74, 6) is 2.38. The van der Waals surface area contributed by atoms with Crippen LogP contribution in [-0.4, -0.2) is 23.8 Å². The standard InChI is InChI=1S/C13H27NO/c1-9(2)12-6-5-10(3)7-13(12)14-8-11(4)15/h9-15H,5-8H2,1-4H3/t10-,11-,12-,13-/m1/s1. The molecule has 1 rings (SSSR count). The Labute approximate surface area is 94.5 Å². The summed E-state index contributed by atoms with van der Waals surface area (Å²) in [6.07, 6.45) is 3.76. The molecular formula is C13H27NO. The van der Waals surface area contributed by atoms with Crippen molar-refractivity contribution in [2.45, 2.75) is 59.1 Å². The molecule has 90 valence electrons. The van der Waals surface area contributed by atoms with Crippen LogP contribution in [0.3, 0.4) is 0 Å². The molecule has 4 atom stereocenters. The Morgan fingerprint density at radius 2 is 1.93 bits per heavy atom. The smallest absolute Gasteiger partial charge is 0.0636 e. The molecule has 15 heavy (non-hydrogen) atoms. The molecule has 0 radical (unpaired) electrons. The van der Waals surface area contributed by atoms with Crippen LogP contribution in [0.5, 0.6) is 0 Å². The Balaban J connectivity index is 2.46. The van der Waals surface area contributed by atoms with Crippen LogP contribution < -0.4 is 5.32 Å². The van der Waals surface area contributed by atoms with E-state index in [1.807, 2.05) is 6.92 Å². The summed E-state index contributed by atoms with van der Waals surface area (Å²) in [5.41, 5.74) is 0. The van der Waals surface area contributed by atoms with Crippen LogP contribution in [0.15, 0.2) is 0 Å². The first-order valence-electron chi connectivity index (χ1n) is 6.42. The zero-order valence-corrected chi connectivity index (χ0v) is 10.7. The molecule has 0 saturated heterocycles. The summed E-state index contributed by atoms with van der Waals surface area (Å²) in [4.78, 5) is 0. The second-order valence-electron chi connectivity index (χ2n) is 5.69. The molecular weight excluding hydrogens is 186 g/mol. The molecule has 0 amide bonds. The molecule has 1 aliphatic carbocycles. The average Bonchev–Trinajstić information content (AvgIpc) is 2.14. The minimum atomic E-state index is -0.227. The van der Waals surface area contributed by atoms with Gasteiger partial charge >= 0.3 is 0 Å². The summed E-state index contributed by atoms with van der Waals surface area (Å²) in [7, 11) is 0. The van der Waals surface area contributed by atoms with E-state index in [9.17, 15) is 5.11 Å². The van der Waals surface area contributed by atoms with Gasteiger partial charge in [0.2, 0.25) is 0 Å². The van der Waals surface area contributed by atoms with E-state index in [-0.39, 0.29) is 6.10 Å². The van der Waals surface area contributed by atoms with Gasteiger partial charge in [0.1, 0.15) is 0 Å². The van der Waals surface area contributed by atoms with Crippen LogP contribution in [0.4, 0.5) is 0 Å². The Morgan fingerprint density at radius 3 is 2.47 bits per heavy atom. The number of rotatable bonds is 4. The van der Waals surface area contributed by atoms with Gasteiger partial charge < -0.3 is 10.4 Å². The van der Waals surface area contributed by atoms with Crippen molar-refractivity contribution in [1.82, 2.24) is 5.32 Å². The van der Waals surface area contributed by atoms with Gasteiger partial charge in [-0.25, -0.2) is 0 Å². The summed E-state index contributed by atoms with van der Waals surface area (Å²) in [6.45, 7) is 9.56. The van der Waals surface area contributed by atoms with Crippen LogP contribution in [-0.2, 0) is 0 Å². The van der Waals surface area contributed by atoms with Crippen molar-refractivity contribution < 1.29 is 5.11 Å². The van der Waals surface area contributed by atoms with Crippen LogP contribution in [0, 0.1) is 17.8 Å². The molecule has 1 aliphatic rings. The highest BCUT2D eigenvalue weighted by molar-refractivity contribution is 4.85. The third-order valence-electron chi connectivity index (χ3n) is 3.70. The number of aliphatic hydroxyl groups excluding tert-OH is 1. The van der Waals surface area contributed by atoms with Gasteiger partial charge in [-0.2, -0.15) is 0 Å². The predicted octanol–water partition coefficient (Wildman–Crippen LogP) is 2.42. The van der Waals surface area contributed by atoms with E-state index < -0.39 is 0 Å². The molecule has 0 spiro atoms. The number of hydrogen-bond donors (Lipinski definition) is 2. The highest BCUT2D eigenvalue weighted by Crippen LogP contribution is 2.33. The maximum absolute atomic E-state index is 9.31. The molecule has 1 saturated carbocycles. The number of hydrogen-bond acceptors (Lipinski definition) is 2. The van der Waals surface area contributed by atoms with Gasteiger partial charge in [-0.15, -0.1) is 0 Å². The zero-order chi connectivity index (χ0) is 11.4. The summed E-state index contributed by atoms with van der Waals surface area (Å²) >= 11 is 0. The zero-order valence-electron chi connectivity index (χ0n) is 10.7. The van der Waals surface area contributed by atoms with Gasteiger partial charge in [-0.05, 0) is 37.5 Å². The fourth-order valence-corrected chi connectivity index (χ4v) is 2.76. The van der Waals surface area contributed by atoms with E-state index >= 15 is 0 Å². The highest BCUT2D eigenvalue weighted by atomic mass is 16.3. The molecule has 2 heteroatoms. The van der Waals surface area contributed by atoms with Gasteiger partial charge in [-0.1, -0.05) is 27.2 Å². The second-order valence-corrected chi connectivity index (χ2v) is 5.69. The minimum Gasteiger partial charge on any atom is -0.392 e. The summed E-state index contributed by atoms with van der Waals surface area (Å²) in [5, 5.41) is 12.8. The largest absolute Gasteiger partial charge is 0.392 e. The lowest BCUT2D eigenvalue weighted by Crippen LogP contribution is -2.45. The first kappa shape index (κ1) is 13.0. The molecule has 2 nitrogen and oxygen atoms in total. The molecule has 0 aromatic heterocycles. The molecule has 0 aromatic rings. The summed E-state index contributed by atoms with van der Waals surface area (Å²) in [6, 6.07) is 0.614. The highest BCUT2D eigenvalue weighted by Gasteiger charge is 2.30. The fourth-order valence-electron chi connectivity index (χ4n) is 2.76. The first-order chi connectivity index (χ1) is 7.00. The van der Waals surface area contributed by atoms with E-state index in [1.165, 1.54) is 19.3 Å². The monoisotopic (exact) mass is 213 g/mol. The van der Waals surface area contributed by atoms with Crippen molar-refractivity contribution in [3.05, 3.63) is 0 Å². The van der Waals surface area contributed by atoms with Crippen molar-refractivity contribution in [1.29, 1.82) is 0 Å². The second kappa shape index (κ2) is 5.86. The Hall–Kier alpha value is -0.0800. The van der Waals surface area contributed by atoms with Crippen LogP contribution in [0.25, 0.3) is 0 Å². The van der Waals surface area contributed by atoms with E-state index in [1.54, 1.807) is 0 Å². The van der Waals surface area contributed by atoms with Crippen LogP contribution >= 0.6 is 0 Å². The fraction of sp³-hybridized carbons (Fsp3) is 1.00. The van der Waals surface area contributed by atoms with Gasteiger partial charge in [-0.3, -0.25) is 0 Å². The third-order valence-corrected chi connectivity index (χ3v) is 3.70. The maximum Gasteiger partial charge on any atom is 0.0636 e. The number of nitrogens with one attached hydrogen (secondary N) is 1. The van der Waals surface area contributed by atoms with Crippen LogP contribution in [0.1, 0.15) is 47.0 Å². The number of aliphatic hydroxyl groups is 1. The maximum atomic E-state index is 9.31. The quantitative estimate of drug-likeness (QED) is 0.751. The van der Waals surface area contributed by atoms with Gasteiger partial charge in [0.25, 0.3) is 0 Å². The van der Waals surface area contributed by atoms with Gasteiger partial charge in [0.15, 0.2) is 0 Å². The molecule has 0 unspecified atom stereocenters. The lowest BCUT2D eigenvalue weighted by molar-refractivity contribution is 0.138. The Morgan fingerprint density at radius 1 is 1.27 bits per heavy atom. The molecule has 1 fully saturated rings.